The highest BCUT2D eigenvalue weighted by Gasteiger charge is 2.07. The fourth-order valence-corrected chi connectivity index (χ4v) is 1.34. The molecule has 0 bridgehead atoms. The number of hydrogen-bond acceptors (Lipinski definition) is 1. The summed E-state index contributed by atoms with van der Waals surface area (Å²) in [5.41, 5.74) is 1.44. The van der Waals surface area contributed by atoms with Gasteiger partial charge in [-0.05, 0) is 12.1 Å². The standard InChI is InChI=1S/C12H11FN2/c1-2-12(13)10-8-14-15(9-10)11-6-4-3-5-7-11/h2-9,12H,1H2. The lowest BCUT2D eigenvalue weighted by Gasteiger charge is -1.99. The van der Waals surface area contributed by atoms with Gasteiger partial charge in [0.25, 0.3) is 0 Å². The van der Waals surface area contributed by atoms with Gasteiger partial charge in [-0.1, -0.05) is 30.9 Å². The van der Waals surface area contributed by atoms with Crippen molar-refractivity contribution in [2.75, 3.05) is 0 Å². The van der Waals surface area contributed by atoms with Crippen LogP contribution in [0.4, 0.5) is 4.39 Å². The quantitative estimate of drug-likeness (QED) is 0.699. The van der Waals surface area contributed by atoms with E-state index in [1.165, 1.54) is 12.3 Å². The molecule has 1 atom stereocenters. The average Bonchev–Trinajstić information content (AvgIpc) is 2.78. The van der Waals surface area contributed by atoms with Gasteiger partial charge in [-0.2, -0.15) is 5.10 Å². The van der Waals surface area contributed by atoms with Crippen LogP contribution in [-0.2, 0) is 0 Å². The van der Waals surface area contributed by atoms with E-state index in [0.717, 1.165) is 5.69 Å². The molecule has 0 aliphatic heterocycles. The van der Waals surface area contributed by atoms with Crippen LogP contribution in [0.5, 0.6) is 0 Å². The number of halogens is 1. The molecule has 1 aromatic heterocycles. The molecule has 2 aromatic rings. The van der Waals surface area contributed by atoms with E-state index in [1.54, 1.807) is 10.9 Å². The zero-order valence-electron chi connectivity index (χ0n) is 8.18. The first-order valence-corrected chi connectivity index (χ1v) is 4.68. The lowest BCUT2D eigenvalue weighted by Crippen LogP contribution is -1.92. The molecule has 76 valence electrons. The minimum absolute atomic E-state index is 0.522. The van der Waals surface area contributed by atoms with E-state index < -0.39 is 6.17 Å². The number of allylic oxidation sites excluding steroid dienone is 1. The third-order valence-corrected chi connectivity index (χ3v) is 2.15. The highest BCUT2D eigenvalue weighted by Crippen LogP contribution is 2.18. The maximum atomic E-state index is 13.2. The molecule has 0 saturated carbocycles. The zero-order valence-corrected chi connectivity index (χ0v) is 8.18. The van der Waals surface area contributed by atoms with Crippen molar-refractivity contribution in [3.63, 3.8) is 0 Å². The second-order valence-electron chi connectivity index (χ2n) is 3.19. The fraction of sp³-hybridized carbons (Fsp3) is 0.0833. The second kappa shape index (κ2) is 4.09. The summed E-state index contributed by atoms with van der Waals surface area (Å²) in [5, 5.41) is 4.08. The monoisotopic (exact) mass is 202 g/mol. The van der Waals surface area contributed by atoms with Crippen LogP contribution in [-0.4, -0.2) is 9.78 Å². The SMILES string of the molecule is C=CC(F)c1cnn(-c2ccccc2)c1. The molecule has 15 heavy (non-hydrogen) atoms. The van der Waals surface area contributed by atoms with E-state index in [0.29, 0.717) is 5.56 Å². The first-order chi connectivity index (χ1) is 7.31. The van der Waals surface area contributed by atoms with Gasteiger partial charge in [-0.15, -0.1) is 0 Å². The lowest BCUT2D eigenvalue weighted by molar-refractivity contribution is 0.415. The van der Waals surface area contributed by atoms with Crippen molar-refractivity contribution in [1.29, 1.82) is 0 Å². The van der Waals surface area contributed by atoms with Crippen LogP contribution < -0.4 is 0 Å². The molecule has 2 nitrogen and oxygen atoms in total. The molecule has 0 aliphatic carbocycles. The van der Waals surface area contributed by atoms with Crippen molar-refractivity contribution in [2.45, 2.75) is 6.17 Å². The van der Waals surface area contributed by atoms with E-state index in [-0.39, 0.29) is 0 Å². The zero-order chi connectivity index (χ0) is 10.7. The number of para-hydroxylation sites is 1. The minimum Gasteiger partial charge on any atom is -0.241 e. The van der Waals surface area contributed by atoms with Crippen LogP contribution in [0.3, 0.4) is 0 Å². The highest BCUT2D eigenvalue weighted by molar-refractivity contribution is 5.31. The number of nitrogens with zero attached hydrogens (tertiary/aromatic N) is 2. The first kappa shape index (κ1) is 9.65. The predicted molar refractivity (Wildman–Crippen MR) is 57.6 cm³/mol. The van der Waals surface area contributed by atoms with Gasteiger partial charge < -0.3 is 0 Å². The molecule has 3 heteroatoms. The third-order valence-electron chi connectivity index (χ3n) is 2.15. The van der Waals surface area contributed by atoms with Crippen molar-refractivity contribution in [2.24, 2.45) is 0 Å². The molecule has 1 unspecified atom stereocenters. The molecular weight excluding hydrogens is 191 g/mol. The molecule has 1 aromatic carbocycles. The maximum absolute atomic E-state index is 13.2. The number of benzene rings is 1. The van der Waals surface area contributed by atoms with Crippen LogP contribution in [0, 0.1) is 0 Å². The number of rotatable bonds is 3. The Balaban J connectivity index is 2.32. The lowest BCUT2D eigenvalue weighted by atomic mass is 10.2. The van der Waals surface area contributed by atoms with Crippen LogP contribution in [0.15, 0.2) is 55.4 Å². The van der Waals surface area contributed by atoms with Gasteiger partial charge >= 0.3 is 0 Å². The number of alkyl halides is 1. The highest BCUT2D eigenvalue weighted by atomic mass is 19.1. The number of hydrogen-bond donors (Lipinski definition) is 0. The summed E-state index contributed by atoms with van der Waals surface area (Å²) in [4.78, 5) is 0. The molecular formula is C12H11FN2. The smallest absolute Gasteiger partial charge is 0.146 e. The Morgan fingerprint density at radius 1 is 1.33 bits per heavy atom. The van der Waals surface area contributed by atoms with Gasteiger partial charge in [0, 0.05) is 11.8 Å². The summed E-state index contributed by atoms with van der Waals surface area (Å²) in [6.45, 7) is 3.41. The van der Waals surface area contributed by atoms with E-state index in [1.807, 2.05) is 30.3 Å². The summed E-state index contributed by atoms with van der Waals surface area (Å²) in [5.74, 6) is 0. The topological polar surface area (TPSA) is 17.8 Å². The van der Waals surface area contributed by atoms with Crippen molar-refractivity contribution >= 4 is 0 Å². The van der Waals surface area contributed by atoms with Crippen LogP contribution in [0.2, 0.25) is 0 Å². The molecule has 2 rings (SSSR count). The Labute approximate surface area is 87.7 Å². The molecule has 0 N–H and O–H groups in total. The Morgan fingerprint density at radius 2 is 2.07 bits per heavy atom. The second-order valence-corrected chi connectivity index (χ2v) is 3.19. The van der Waals surface area contributed by atoms with Crippen molar-refractivity contribution < 1.29 is 4.39 Å². The Kier molecular flexibility index (Phi) is 2.63. The van der Waals surface area contributed by atoms with Crippen molar-refractivity contribution in [3.8, 4) is 5.69 Å². The van der Waals surface area contributed by atoms with Gasteiger partial charge in [-0.3, -0.25) is 0 Å². The van der Waals surface area contributed by atoms with Crippen LogP contribution >= 0.6 is 0 Å². The van der Waals surface area contributed by atoms with Crippen molar-refractivity contribution in [3.05, 3.63) is 60.9 Å². The van der Waals surface area contributed by atoms with E-state index in [2.05, 4.69) is 11.7 Å². The minimum atomic E-state index is -1.15. The van der Waals surface area contributed by atoms with E-state index in [9.17, 15) is 4.39 Å². The molecule has 0 radical (unpaired) electrons. The number of aromatic nitrogens is 2. The van der Waals surface area contributed by atoms with Gasteiger partial charge in [-0.25, -0.2) is 9.07 Å². The average molecular weight is 202 g/mol. The Bertz CT molecular complexity index is 448. The predicted octanol–water partition coefficient (Wildman–Crippen LogP) is 3.07. The van der Waals surface area contributed by atoms with Gasteiger partial charge in [0.1, 0.15) is 6.17 Å². The Morgan fingerprint density at radius 3 is 2.73 bits per heavy atom. The molecule has 0 amide bonds. The van der Waals surface area contributed by atoms with E-state index >= 15 is 0 Å². The summed E-state index contributed by atoms with van der Waals surface area (Å²) >= 11 is 0. The summed E-state index contributed by atoms with van der Waals surface area (Å²) in [7, 11) is 0. The van der Waals surface area contributed by atoms with E-state index in [4.69, 9.17) is 0 Å². The van der Waals surface area contributed by atoms with Gasteiger partial charge in [0.05, 0.1) is 11.9 Å². The largest absolute Gasteiger partial charge is 0.241 e. The molecule has 1 heterocycles. The fourth-order valence-electron chi connectivity index (χ4n) is 1.34. The normalized spacial score (nSPS) is 12.3. The molecule has 0 fully saturated rings. The summed E-state index contributed by atoms with van der Waals surface area (Å²) < 4.78 is 14.9. The molecule has 0 spiro atoms. The molecule has 0 saturated heterocycles. The Hall–Kier alpha value is -1.90. The third kappa shape index (κ3) is 1.96. The summed E-state index contributed by atoms with van der Waals surface area (Å²) in [6.07, 6.45) is 3.29. The van der Waals surface area contributed by atoms with Gasteiger partial charge in [0.2, 0.25) is 0 Å². The van der Waals surface area contributed by atoms with Crippen molar-refractivity contribution in [1.82, 2.24) is 9.78 Å². The van der Waals surface area contributed by atoms with Crippen LogP contribution in [0.25, 0.3) is 5.69 Å². The molecule has 0 aliphatic rings. The first-order valence-electron chi connectivity index (χ1n) is 4.68. The van der Waals surface area contributed by atoms with Crippen LogP contribution in [0.1, 0.15) is 11.7 Å². The van der Waals surface area contributed by atoms with Gasteiger partial charge in [0.15, 0.2) is 0 Å². The maximum Gasteiger partial charge on any atom is 0.146 e. The summed E-state index contributed by atoms with van der Waals surface area (Å²) in [6, 6.07) is 9.58.